The molecule has 7 aromatic carbocycles. The van der Waals surface area contributed by atoms with Crippen LogP contribution < -0.4 is 15.4 Å². The molecule has 5 unspecified atom stereocenters. The predicted molar refractivity (Wildman–Crippen MR) is 253 cm³/mol. The van der Waals surface area contributed by atoms with Crippen molar-refractivity contribution in [2.24, 2.45) is 0 Å². The molecule has 3 heterocycles. The standard InChI is InChI=1S/C53H45N3OP2/c1-56(35-37-25-31-51-45(33-37)43-19-9-13-23-49(43)59(51)41-16-6-3-7-17-41)52(38-26-28-39(29-27-38)53-55-46-20-10-11-21-47(46)57-53)54-34-36-24-30-50-44(32-36)42-18-8-12-22-48(42)58(50)40-14-4-2-5-15-40/h2-14,16-33,40,52-55H,15,34-35H2,1H3. The first-order valence-electron chi connectivity index (χ1n) is 20.6. The maximum Gasteiger partial charge on any atom is 0.196 e. The van der Waals surface area contributed by atoms with Crippen LogP contribution in [0.25, 0.3) is 47.3 Å². The Morgan fingerprint density at radius 3 is 2.14 bits per heavy atom. The second kappa shape index (κ2) is 15.4. The highest BCUT2D eigenvalue weighted by Crippen LogP contribution is 2.58. The molecule has 2 N–H and O–H groups in total. The minimum absolute atomic E-state index is 0.0301. The molecular weight excluding hydrogens is 757 g/mol. The molecule has 2 aromatic heterocycles. The van der Waals surface area contributed by atoms with Gasteiger partial charge in [0, 0.05) is 44.8 Å². The van der Waals surface area contributed by atoms with E-state index >= 15 is 0 Å². The molecule has 1 aliphatic carbocycles. The first kappa shape index (κ1) is 36.2. The van der Waals surface area contributed by atoms with Gasteiger partial charge in [-0.15, -0.1) is 7.53 Å². The highest BCUT2D eigenvalue weighted by atomic mass is 31.1. The predicted octanol–water partition coefficient (Wildman–Crippen LogP) is 14.7. The molecule has 5 atom stereocenters. The summed E-state index contributed by atoms with van der Waals surface area (Å²) < 4.78 is 6.29. The highest BCUT2D eigenvalue weighted by Gasteiger charge is 2.25. The van der Waals surface area contributed by atoms with Crippen molar-refractivity contribution >= 4 is 62.8 Å². The van der Waals surface area contributed by atoms with Crippen molar-refractivity contribution < 1.29 is 4.74 Å². The van der Waals surface area contributed by atoms with Gasteiger partial charge >= 0.3 is 0 Å². The van der Waals surface area contributed by atoms with Crippen molar-refractivity contribution in [2.75, 3.05) is 12.4 Å². The van der Waals surface area contributed by atoms with E-state index in [2.05, 4.69) is 192 Å². The second-order valence-electron chi connectivity index (χ2n) is 15.9. The summed E-state index contributed by atoms with van der Waals surface area (Å²) >= 11 is 0. The Balaban J connectivity index is 0.920. The molecule has 0 saturated heterocycles. The van der Waals surface area contributed by atoms with Crippen molar-refractivity contribution in [2.45, 2.75) is 37.6 Å². The molecule has 0 amide bonds. The second-order valence-corrected chi connectivity index (χ2v) is 20.4. The van der Waals surface area contributed by atoms with Crippen molar-refractivity contribution in [3.05, 3.63) is 210 Å². The molecule has 288 valence electrons. The zero-order valence-corrected chi connectivity index (χ0v) is 34.8. The number of para-hydroxylation sites is 2. The lowest BCUT2D eigenvalue weighted by Crippen LogP contribution is -2.35. The summed E-state index contributed by atoms with van der Waals surface area (Å²) in [6, 6.07) is 60.7. The third-order valence-corrected chi connectivity index (χ3v) is 17.6. The Kier molecular flexibility index (Phi) is 9.45. The summed E-state index contributed by atoms with van der Waals surface area (Å²) in [5.41, 5.74) is 6.51. The number of rotatable bonds is 10. The van der Waals surface area contributed by atoms with E-state index in [0.29, 0.717) is 5.66 Å². The maximum absolute atomic E-state index is 6.29. The van der Waals surface area contributed by atoms with Gasteiger partial charge in [0.15, 0.2) is 6.23 Å². The fourth-order valence-corrected chi connectivity index (χ4v) is 14.9. The average Bonchev–Trinajstić information content (AvgIpc) is 3.97. The van der Waals surface area contributed by atoms with Gasteiger partial charge in [-0.25, -0.2) is 0 Å². The molecule has 59 heavy (non-hydrogen) atoms. The molecule has 0 bridgehead atoms. The van der Waals surface area contributed by atoms with Gasteiger partial charge in [0.05, 0.1) is 11.9 Å². The van der Waals surface area contributed by atoms with E-state index in [-0.39, 0.29) is 12.4 Å². The Labute approximate surface area is 347 Å². The Bertz CT molecular complexity index is 3030. The van der Waals surface area contributed by atoms with Crippen LogP contribution in [0.5, 0.6) is 5.75 Å². The van der Waals surface area contributed by atoms with E-state index in [1.807, 2.05) is 18.2 Å². The van der Waals surface area contributed by atoms with Crippen LogP contribution in [0.4, 0.5) is 5.69 Å². The van der Waals surface area contributed by atoms with Crippen LogP contribution >= 0.6 is 15.1 Å². The number of allylic oxidation sites excluding steroid dienone is 4. The number of nitrogens with zero attached hydrogens (tertiary/aromatic N) is 1. The molecule has 11 rings (SSSR count). The minimum atomic E-state index is -0.579. The number of hydrogen-bond acceptors (Lipinski definition) is 4. The van der Waals surface area contributed by atoms with Crippen molar-refractivity contribution in [1.82, 2.24) is 10.2 Å². The summed E-state index contributed by atoms with van der Waals surface area (Å²) in [5, 5.41) is 20.5. The zero-order valence-electron chi connectivity index (χ0n) is 33.0. The van der Waals surface area contributed by atoms with Crippen LogP contribution in [0.15, 0.2) is 188 Å². The number of nitrogens with one attached hydrogen (secondary N) is 2. The van der Waals surface area contributed by atoms with Crippen LogP contribution in [0, 0.1) is 0 Å². The molecule has 0 radical (unpaired) electrons. The van der Waals surface area contributed by atoms with Crippen molar-refractivity contribution in [1.29, 1.82) is 0 Å². The molecule has 9 aromatic rings. The van der Waals surface area contributed by atoms with Crippen molar-refractivity contribution in [3.63, 3.8) is 0 Å². The summed E-state index contributed by atoms with van der Waals surface area (Å²) in [6.45, 7) is 1.55. The van der Waals surface area contributed by atoms with Gasteiger partial charge in [-0.3, -0.25) is 10.2 Å². The molecule has 2 aliphatic rings. The lowest BCUT2D eigenvalue weighted by molar-refractivity contribution is 0.196. The molecule has 0 saturated carbocycles. The molecular formula is C53H45N3OP2. The molecule has 0 fully saturated rings. The fourth-order valence-electron chi connectivity index (χ4n) is 9.36. The third-order valence-electron chi connectivity index (χ3n) is 12.2. The van der Waals surface area contributed by atoms with Crippen LogP contribution in [0.3, 0.4) is 0 Å². The Morgan fingerprint density at radius 2 is 1.32 bits per heavy atom. The van der Waals surface area contributed by atoms with E-state index in [1.165, 1.54) is 64.0 Å². The van der Waals surface area contributed by atoms with Crippen LogP contribution in [0.2, 0.25) is 0 Å². The maximum atomic E-state index is 6.29. The topological polar surface area (TPSA) is 36.5 Å². The largest absolute Gasteiger partial charge is 0.464 e. The molecule has 1 aliphatic heterocycles. The Hall–Kier alpha value is -5.86. The number of benzene rings is 7. The van der Waals surface area contributed by atoms with E-state index in [9.17, 15) is 0 Å². The number of fused-ring (bicyclic) bond motifs is 7. The van der Waals surface area contributed by atoms with Gasteiger partial charge in [0.25, 0.3) is 0 Å². The van der Waals surface area contributed by atoms with Crippen LogP contribution in [-0.4, -0.2) is 11.9 Å². The van der Waals surface area contributed by atoms with E-state index in [1.54, 1.807) is 0 Å². The Morgan fingerprint density at radius 1 is 0.661 bits per heavy atom. The lowest BCUT2D eigenvalue weighted by atomic mass is 10.1. The van der Waals surface area contributed by atoms with Crippen LogP contribution in [-0.2, 0) is 13.1 Å². The van der Waals surface area contributed by atoms with E-state index in [0.717, 1.165) is 36.5 Å². The highest BCUT2D eigenvalue weighted by molar-refractivity contribution is 7.67. The summed E-state index contributed by atoms with van der Waals surface area (Å²) in [5.74, 6) is 0.894. The fraction of sp³-hybridized carbons (Fsp3) is 0.132. The van der Waals surface area contributed by atoms with Gasteiger partial charge in [-0.1, -0.05) is 165 Å². The quantitative estimate of drug-likeness (QED) is 0.135. The average molecular weight is 802 g/mol. The summed E-state index contributed by atoms with van der Waals surface area (Å²) in [7, 11) is 1.23. The zero-order chi connectivity index (χ0) is 39.3. The van der Waals surface area contributed by atoms with E-state index < -0.39 is 15.1 Å². The lowest BCUT2D eigenvalue weighted by Gasteiger charge is -2.30. The van der Waals surface area contributed by atoms with Gasteiger partial charge in [-0.2, -0.15) is 0 Å². The smallest absolute Gasteiger partial charge is 0.196 e. The first-order chi connectivity index (χ1) is 29.2. The number of hydrogen-bond donors (Lipinski definition) is 2. The first-order valence-corrected chi connectivity index (χ1v) is 23.4. The molecule has 6 heteroatoms. The minimum Gasteiger partial charge on any atom is -0.464 e. The van der Waals surface area contributed by atoms with Gasteiger partial charge in [0.2, 0.25) is 0 Å². The van der Waals surface area contributed by atoms with Gasteiger partial charge < -0.3 is 10.1 Å². The SMILES string of the molecule is CN(Cc1ccc2c(c1)c1ccccc1p2-c1ccccc1)C(NCc1ccc2c(c1)c1ccccc1p2C1C=CC=CC1)c1ccc(C2Nc3ccccc3O2)cc1. The van der Waals surface area contributed by atoms with Crippen LogP contribution in [0.1, 0.15) is 46.7 Å². The number of anilines is 1. The van der Waals surface area contributed by atoms with Gasteiger partial charge in [0.1, 0.15) is 5.75 Å². The normalized spacial score (nSPS) is 17.2. The van der Waals surface area contributed by atoms with E-state index in [4.69, 9.17) is 4.74 Å². The summed E-state index contributed by atoms with van der Waals surface area (Å²) in [4.78, 5) is 2.46. The third kappa shape index (κ3) is 6.67. The number of ether oxygens (including phenoxy) is 1. The molecule has 0 spiro atoms. The van der Waals surface area contributed by atoms with Gasteiger partial charge in [-0.05, 0) is 87.3 Å². The van der Waals surface area contributed by atoms with Crippen molar-refractivity contribution in [3.8, 4) is 11.1 Å². The summed E-state index contributed by atoms with van der Waals surface area (Å²) in [6.07, 6.45) is 10.0. The monoisotopic (exact) mass is 801 g/mol. The molecule has 4 nitrogen and oxygen atoms in total.